The van der Waals surface area contributed by atoms with E-state index in [1.807, 2.05) is 18.5 Å². The number of aromatic nitrogens is 2. The zero-order chi connectivity index (χ0) is 11.8. The summed E-state index contributed by atoms with van der Waals surface area (Å²) in [7, 11) is 1.63. The zero-order valence-electron chi connectivity index (χ0n) is 10.2. The molecular weight excluding hydrogens is 204 g/mol. The highest BCUT2D eigenvalue weighted by molar-refractivity contribution is 5.32. The second kappa shape index (κ2) is 4.09. The molecule has 1 atom stereocenters. The number of aliphatic hydroxyl groups is 1. The molecule has 0 aliphatic heterocycles. The lowest BCUT2D eigenvalue weighted by Crippen LogP contribution is -2.31. The highest BCUT2D eigenvalue weighted by Crippen LogP contribution is 2.49. The van der Waals surface area contributed by atoms with Crippen LogP contribution in [0.25, 0.3) is 0 Å². The van der Waals surface area contributed by atoms with Gasteiger partial charge in [0.15, 0.2) is 5.75 Å². The Bertz CT molecular complexity index is 350. The van der Waals surface area contributed by atoms with Crippen LogP contribution in [0.1, 0.15) is 38.8 Å². The van der Waals surface area contributed by atoms with E-state index >= 15 is 0 Å². The van der Waals surface area contributed by atoms with Crippen LogP contribution in [0.4, 0.5) is 0 Å². The Morgan fingerprint density at radius 1 is 1.56 bits per heavy atom. The van der Waals surface area contributed by atoms with Crippen LogP contribution in [0.5, 0.6) is 5.75 Å². The van der Waals surface area contributed by atoms with Gasteiger partial charge in [-0.25, -0.2) is 0 Å². The minimum Gasteiger partial charge on any atom is -0.493 e. The summed E-state index contributed by atoms with van der Waals surface area (Å²) in [6.07, 6.45) is 4.60. The summed E-state index contributed by atoms with van der Waals surface area (Å²) in [6, 6.07) is 0. The van der Waals surface area contributed by atoms with Gasteiger partial charge in [-0.15, -0.1) is 0 Å². The number of nitrogens with zero attached hydrogens (tertiary/aromatic N) is 2. The van der Waals surface area contributed by atoms with Gasteiger partial charge in [0.2, 0.25) is 0 Å². The monoisotopic (exact) mass is 224 g/mol. The number of hydrogen-bond acceptors (Lipinski definition) is 3. The molecule has 0 bridgehead atoms. The molecule has 4 nitrogen and oxygen atoms in total. The van der Waals surface area contributed by atoms with Gasteiger partial charge in [-0.2, -0.15) is 5.10 Å². The molecule has 16 heavy (non-hydrogen) atoms. The van der Waals surface area contributed by atoms with Crippen LogP contribution in [0.3, 0.4) is 0 Å². The van der Waals surface area contributed by atoms with Crippen molar-refractivity contribution >= 4 is 0 Å². The largest absolute Gasteiger partial charge is 0.493 e. The first kappa shape index (κ1) is 11.5. The average Bonchev–Trinajstić information content (AvgIpc) is 3.08. The van der Waals surface area contributed by atoms with Crippen molar-refractivity contribution in [3.63, 3.8) is 0 Å². The third-order valence-corrected chi connectivity index (χ3v) is 3.53. The summed E-state index contributed by atoms with van der Waals surface area (Å²) in [5, 5.41) is 15.1. The standard InChI is InChI=1S/C12H20N2O2/c1-4-12(15,9-6-7-9)11-10(16-3)8-13-14(11)5-2/h8-9,15H,4-7H2,1-3H3. The van der Waals surface area contributed by atoms with E-state index < -0.39 is 5.60 Å². The lowest BCUT2D eigenvalue weighted by Gasteiger charge is -2.28. The van der Waals surface area contributed by atoms with Gasteiger partial charge in [0.25, 0.3) is 0 Å². The van der Waals surface area contributed by atoms with Gasteiger partial charge in [0, 0.05) is 6.54 Å². The van der Waals surface area contributed by atoms with Gasteiger partial charge in [-0.1, -0.05) is 6.92 Å². The fourth-order valence-electron chi connectivity index (χ4n) is 2.40. The Labute approximate surface area is 96.2 Å². The molecular formula is C12H20N2O2. The van der Waals surface area contributed by atoms with Crippen molar-refractivity contribution in [2.24, 2.45) is 5.92 Å². The molecule has 0 saturated heterocycles. The van der Waals surface area contributed by atoms with E-state index in [4.69, 9.17) is 4.74 Å². The third-order valence-electron chi connectivity index (χ3n) is 3.53. The van der Waals surface area contributed by atoms with Crippen molar-refractivity contribution in [1.29, 1.82) is 0 Å². The maximum absolute atomic E-state index is 10.8. The van der Waals surface area contributed by atoms with E-state index in [0.717, 1.165) is 25.1 Å². The molecule has 1 aliphatic rings. The van der Waals surface area contributed by atoms with Crippen molar-refractivity contribution in [2.45, 2.75) is 45.3 Å². The quantitative estimate of drug-likeness (QED) is 0.831. The van der Waals surface area contributed by atoms with Crippen LogP contribution in [-0.4, -0.2) is 22.0 Å². The van der Waals surface area contributed by atoms with Crippen molar-refractivity contribution in [1.82, 2.24) is 9.78 Å². The Morgan fingerprint density at radius 3 is 2.69 bits per heavy atom. The molecule has 90 valence electrons. The first-order chi connectivity index (χ1) is 7.67. The topological polar surface area (TPSA) is 47.3 Å². The Morgan fingerprint density at radius 2 is 2.25 bits per heavy atom. The van der Waals surface area contributed by atoms with Gasteiger partial charge in [0.1, 0.15) is 11.3 Å². The molecule has 2 rings (SSSR count). The molecule has 1 saturated carbocycles. The molecule has 1 aromatic rings. The van der Waals surface area contributed by atoms with Crippen LogP contribution in [0.2, 0.25) is 0 Å². The maximum Gasteiger partial charge on any atom is 0.162 e. The molecule has 1 N–H and O–H groups in total. The van der Waals surface area contributed by atoms with Gasteiger partial charge < -0.3 is 9.84 Å². The highest BCUT2D eigenvalue weighted by Gasteiger charge is 2.47. The van der Waals surface area contributed by atoms with Gasteiger partial charge in [-0.3, -0.25) is 4.68 Å². The average molecular weight is 224 g/mol. The minimum atomic E-state index is -0.766. The van der Waals surface area contributed by atoms with Crippen LogP contribution < -0.4 is 4.74 Å². The molecule has 1 aromatic heterocycles. The van der Waals surface area contributed by atoms with Gasteiger partial charge in [-0.05, 0) is 32.1 Å². The summed E-state index contributed by atoms with van der Waals surface area (Å²) in [5.74, 6) is 1.08. The van der Waals surface area contributed by atoms with Crippen molar-refractivity contribution in [3.8, 4) is 5.75 Å². The van der Waals surface area contributed by atoms with E-state index in [2.05, 4.69) is 5.10 Å². The highest BCUT2D eigenvalue weighted by atomic mass is 16.5. The minimum absolute atomic E-state index is 0.369. The molecule has 4 heteroatoms. The summed E-state index contributed by atoms with van der Waals surface area (Å²) in [6.45, 7) is 4.80. The summed E-state index contributed by atoms with van der Waals surface area (Å²) in [5.41, 5.74) is 0.0835. The molecule has 0 aromatic carbocycles. The summed E-state index contributed by atoms with van der Waals surface area (Å²) >= 11 is 0. The SMILES string of the molecule is CCn1ncc(OC)c1C(O)(CC)C1CC1. The smallest absolute Gasteiger partial charge is 0.162 e. The molecule has 0 radical (unpaired) electrons. The first-order valence-corrected chi connectivity index (χ1v) is 6.00. The van der Waals surface area contributed by atoms with E-state index in [9.17, 15) is 5.11 Å². The summed E-state index contributed by atoms with van der Waals surface area (Å²) in [4.78, 5) is 0. The molecule has 1 fully saturated rings. The second-order valence-electron chi connectivity index (χ2n) is 4.43. The Kier molecular flexibility index (Phi) is 2.93. The third kappa shape index (κ3) is 1.61. The van der Waals surface area contributed by atoms with E-state index in [1.54, 1.807) is 13.3 Å². The lowest BCUT2D eigenvalue weighted by atomic mass is 9.90. The van der Waals surface area contributed by atoms with Gasteiger partial charge >= 0.3 is 0 Å². The lowest BCUT2D eigenvalue weighted by molar-refractivity contribution is -0.00178. The van der Waals surface area contributed by atoms with E-state index in [1.165, 1.54) is 0 Å². The summed E-state index contributed by atoms with van der Waals surface area (Å²) < 4.78 is 7.16. The fraction of sp³-hybridized carbons (Fsp3) is 0.750. The van der Waals surface area contributed by atoms with E-state index in [-0.39, 0.29) is 0 Å². The Balaban J connectivity index is 2.46. The fourth-order valence-corrected chi connectivity index (χ4v) is 2.40. The molecule has 0 amide bonds. The number of hydrogen-bond donors (Lipinski definition) is 1. The van der Waals surface area contributed by atoms with Crippen molar-refractivity contribution < 1.29 is 9.84 Å². The molecule has 1 unspecified atom stereocenters. The number of ether oxygens (including phenoxy) is 1. The number of aryl methyl sites for hydroxylation is 1. The maximum atomic E-state index is 10.8. The number of methoxy groups -OCH3 is 1. The predicted molar refractivity (Wildman–Crippen MR) is 61.4 cm³/mol. The number of rotatable bonds is 5. The zero-order valence-corrected chi connectivity index (χ0v) is 10.2. The van der Waals surface area contributed by atoms with Crippen molar-refractivity contribution in [3.05, 3.63) is 11.9 Å². The molecule has 1 heterocycles. The second-order valence-corrected chi connectivity index (χ2v) is 4.43. The Hall–Kier alpha value is -1.03. The first-order valence-electron chi connectivity index (χ1n) is 6.00. The predicted octanol–water partition coefficient (Wildman–Crippen LogP) is 1.92. The van der Waals surface area contributed by atoms with Gasteiger partial charge in [0.05, 0.1) is 13.3 Å². The molecule has 1 aliphatic carbocycles. The van der Waals surface area contributed by atoms with Crippen LogP contribution in [0, 0.1) is 5.92 Å². The normalized spacial score (nSPS) is 19.5. The van der Waals surface area contributed by atoms with Crippen LogP contribution in [0.15, 0.2) is 6.20 Å². The van der Waals surface area contributed by atoms with Crippen LogP contribution in [-0.2, 0) is 12.1 Å². The molecule has 0 spiro atoms. The van der Waals surface area contributed by atoms with E-state index in [0.29, 0.717) is 18.1 Å². The van der Waals surface area contributed by atoms with Crippen molar-refractivity contribution in [2.75, 3.05) is 7.11 Å². The van der Waals surface area contributed by atoms with Crippen LogP contribution >= 0.6 is 0 Å².